The Morgan fingerprint density at radius 2 is 1.85 bits per heavy atom. The molecule has 3 aliphatic heterocycles. The number of phenolic OH excluding ortho intramolecular Hbond substituents is 1. The zero-order chi connectivity index (χ0) is 48.2. The molecule has 360 valence electrons. The predicted octanol–water partition coefficient (Wildman–Crippen LogP) is 6.46. The van der Waals surface area contributed by atoms with Gasteiger partial charge in [0.15, 0.2) is 0 Å². The van der Waals surface area contributed by atoms with E-state index < -0.39 is 39.8 Å². The summed E-state index contributed by atoms with van der Waals surface area (Å²) in [6, 6.07) is 13.6. The summed E-state index contributed by atoms with van der Waals surface area (Å²) in [7, 11) is 0.274. The summed E-state index contributed by atoms with van der Waals surface area (Å²) in [5.74, 6) is -1.12. The van der Waals surface area contributed by atoms with Crippen molar-refractivity contribution in [3.8, 4) is 28.1 Å². The van der Waals surface area contributed by atoms with Crippen LogP contribution in [0.2, 0.25) is 0 Å². The number of nitrogens with one attached hydrogen (secondary N) is 2. The molecule has 0 saturated carbocycles. The number of rotatable bonds is 19. The van der Waals surface area contributed by atoms with Gasteiger partial charge in [0.05, 0.1) is 29.5 Å². The van der Waals surface area contributed by atoms with E-state index in [1.54, 1.807) is 39.7 Å². The van der Waals surface area contributed by atoms with Crippen LogP contribution in [0, 0.1) is 16.7 Å². The van der Waals surface area contributed by atoms with Crippen LogP contribution >= 0.6 is 0 Å². The monoisotopic (exact) mass is 937 g/mol. The van der Waals surface area contributed by atoms with Gasteiger partial charge in [-0.2, -0.15) is 0 Å². The molecule has 5 atom stereocenters. The number of aromatic hydroxyl groups is 1. The van der Waals surface area contributed by atoms with E-state index in [1.165, 1.54) is 5.41 Å². The molecule has 0 bridgehead atoms. The molecule has 67 heavy (non-hydrogen) atoms. The highest BCUT2D eigenvalue weighted by molar-refractivity contribution is 7.85. The molecule has 5 heterocycles. The molecule has 5 unspecified atom stereocenters. The van der Waals surface area contributed by atoms with Gasteiger partial charge in [0.2, 0.25) is 11.8 Å². The van der Waals surface area contributed by atoms with E-state index in [4.69, 9.17) is 14.5 Å². The fourth-order valence-corrected chi connectivity index (χ4v) is 11.2. The van der Waals surface area contributed by atoms with E-state index in [0.717, 1.165) is 57.4 Å². The number of phenols is 1. The second kappa shape index (κ2) is 20.8. The Morgan fingerprint density at radius 3 is 2.54 bits per heavy atom. The topological polar surface area (TPSA) is 176 Å². The second-order valence-electron chi connectivity index (χ2n) is 19.4. The first-order valence-corrected chi connectivity index (χ1v) is 24.7. The van der Waals surface area contributed by atoms with Crippen LogP contribution in [0.25, 0.3) is 33.3 Å². The Balaban J connectivity index is 1.25. The molecule has 1 spiro atoms. The molecular weight excluding hydrogens is 871 g/mol. The maximum Gasteiger partial charge on any atom is 0.293 e. The number of carbonyl (C=O) groups is 4. The Morgan fingerprint density at radius 1 is 1.07 bits per heavy atom. The van der Waals surface area contributed by atoms with Crippen LogP contribution < -0.4 is 10.7 Å². The summed E-state index contributed by atoms with van der Waals surface area (Å²) in [5, 5.41) is 18.4. The quantitative estimate of drug-likeness (QED) is 0.0886. The number of aryl methyl sites for hydroxylation is 1. The van der Waals surface area contributed by atoms with E-state index in [-0.39, 0.29) is 42.6 Å². The van der Waals surface area contributed by atoms with Crippen molar-refractivity contribution >= 4 is 46.1 Å². The lowest BCUT2D eigenvalue weighted by molar-refractivity contribution is -0.146. The highest BCUT2D eigenvalue weighted by Gasteiger charge is 2.54. The largest absolute Gasteiger partial charge is 0.508 e. The minimum atomic E-state index is -1.39. The zero-order valence-electron chi connectivity index (χ0n) is 40.0. The number of amides is 3. The van der Waals surface area contributed by atoms with Crippen LogP contribution in [0.5, 0.6) is 5.75 Å². The van der Waals surface area contributed by atoms with Crippen molar-refractivity contribution in [1.29, 1.82) is 0 Å². The number of methoxy groups -OCH3 is 1. The number of fused-ring (bicyclic) bond motifs is 1. The van der Waals surface area contributed by atoms with Gasteiger partial charge < -0.3 is 29.4 Å². The number of carbonyl (C=O) groups excluding carboxylic acids is 4. The van der Waals surface area contributed by atoms with Crippen LogP contribution in [0.4, 0.5) is 0 Å². The van der Waals surface area contributed by atoms with E-state index in [2.05, 4.69) is 60.9 Å². The van der Waals surface area contributed by atoms with Crippen molar-refractivity contribution < 1.29 is 38.0 Å². The van der Waals surface area contributed by atoms with Crippen molar-refractivity contribution in [1.82, 2.24) is 34.5 Å². The summed E-state index contributed by atoms with van der Waals surface area (Å²) in [6.07, 6.45) is 4.94. The fraction of sp³-hybridized carbons (Fsp3) is 0.510. The Bertz CT molecular complexity index is 2520. The van der Waals surface area contributed by atoms with Crippen LogP contribution in [0.3, 0.4) is 0 Å². The van der Waals surface area contributed by atoms with Crippen molar-refractivity contribution in [2.75, 3.05) is 46.4 Å². The lowest BCUT2D eigenvalue weighted by Crippen LogP contribution is -2.59. The van der Waals surface area contributed by atoms with Gasteiger partial charge in [-0.25, -0.2) is 13.9 Å². The highest BCUT2D eigenvalue weighted by atomic mass is 32.2. The van der Waals surface area contributed by atoms with Gasteiger partial charge >= 0.3 is 0 Å². The molecule has 2 aromatic carbocycles. The molecule has 15 nitrogen and oxygen atoms in total. The zero-order valence-corrected chi connectivity index (χ0v) is 40.8. The Kier molecular flexibility index (Phi) is 15.4. The number of pyridine rings is 1. The standard InChI is InChI=1S/C51H67N7O8S/c1-9-56-43-16-15-36(28-40(43)41(29-50(6,7)31-66-32-59)46(56)39-14-13-19-52-44(39)34(5)65-8)37-24-35(25-38(60)27-37)26-42(48(62)58-21-12-11-20-53-58)54-47(61)45(33(3)4)57-23-18-51(49(57)63)17-22-55(30-51)67(64)10-2/h10,13-16,19,24-25,27-28,32-34,42,45,53,60H,2,9,11-12,17-18,20-23,26,29-31H2,1,3-8H3,(H,54,61). The third-order valence-electron chi connectivity index (χ3n) is 13.8. The molecular formula is C51H67N7O8S. The molecule has 3 saturated heterocycles. The summed E-state index contributed by atoms with van der Waals surface area (Å²) in [5.41, 5.74) is 9.02. The van der Waals surface area contributed by atoms with Gasteiger partial charge in [-0.1, -0.05) is 46.4 Å². The summed E-state index contributed by atoms with van der Waals surface area (Å²) in [6.45, 7) is 19.3. The number of aromatic nitrogens is 2. The van der Waals surface area contributed by atoms with Gasteiger partial charge in [-0.05, 0) is 111 Å². The lowest BCUT2D eigenvalue weighted by atomic mass is 9.84. The molecule has 3 fully saturated rings. The first-order valence-electron chi connectivity index (χ1n) is 23.5. The normalized spacial score (nSPS) is 19.8. The number of benzene rings is 2. The van der Waals surface area contributed by atoms with E-state index in [9.17, 15) is 28.5 Å². The van der Waals surface area contributed by atoms with Crippen LogP contribution in [-0.4, -0.2) is 116 Å². The maximum atomic E-state index is 14.6. The van der Waals surface area contributed by atoms with Gasteiger partial charge in [0.1, 0.15) is 28.8 Å². The van der Waals surface area contributed by atoms with Crippen molar-refractivity contribution in [3.05, 3.63) is 83.5 Å². The third kappa shape index (κ3) is 10.4. The van der Waals surface area contributed by atoms with Gasteiger partial charge in [0.25, 0.3) is 12.4 Å². The van der Waals surface area contributed by atoms with E-state index in [0.29, 0.717) is 70.6 Å². The predicted molar refractivity (Wildman–Crippen MR) is 259 cm³/mol. The van der Waals surface area contributed by atoms with E-state index >= 15 is 0 Å². The first kappa shape index (κ1) is 49.5. The minimum absolute atomic E-state index is 0.00460. The van der Waals surface area contributed by atoms with Gasteiger partial charge in [0, 0.05) is 86.3 Å². The van der Waals surface area contributed by atoms with E-state index in [1.807, 2.05) is 39.0 Å². The molecule has 3 amide bonds. The molecule has 3 aliphatic rings. The lowest BCUT2D eigenvalue weighted by Gasteiger charge is -2.35. The van der Waals surface area contributed by atoms with Gasteiger partial charge in [-0.15, -0.1) is 0 Å². The molecule has 2 aromatic heterocycles. The third-order valence-corrected chi connectivity index (χ3v) is 14.9. The number of ether oxygens (including phenoxy) is 2. The van der Waals surface area contributed by atoms with Crippen LogP contribution in [0.1, 0.15) is 90.2 Å². The number of nitrogens with zero attached hydrogens (tertiary/aromatic N) is 5. The summed E-state index contributed by atoms with van der Waals surface area (Å²) >= 11 is 0. The molecule has 0 radical (unpaired) electrons. The molecule has 16 heteroatoms. The van der Waals surface area contributed by atoms with Crippen molar-refractivity contribution in [2.24, 2.45) is 16.7 Å². The van der Waals surface area contributed by atoms with Gasteiger partial charge in [-0.3, -0.25) is 29.2 Å². The minimum Gasteiger partial charge on any atom is -0.508 e. The molecule has 7 rings (SSSR count). The number of likely N-dealkylation sites (tertiary alicyclic amines) is 1. The number of hydrogen-bond acceptors (Lipinski definition) is 10. The average Bonchev–Trinajstić information content (AvgIpc) is 3.99. The van der Waals surface area contributed by atoms with Crippen LogP contribution in [-0.2, 0) is 59.0 Å². The highest BCUT2D eigenvalue weighted by Crippen LogP contribution is 2.44. The van der Waals surface area contributed by atoms with Crippen molar-refractivity contribution in [3.63, 3.8) is 0 Å². The fourth-order valence-electron chi connectivity index (χ4n) is 10.4. The Hall–Kier alpha value is -5.42. The van der Waals surface area contributed by atoms with Crippen molar-refractivity contribution in [2.45, 2.75) is 105 Å². The smallest absolute Gasteiger partial charge is 0.293 e. The first-order chi connectivity index (χ1) is 32.0. The van der Waals surface area contributed by atoms with Crippen LogP contribution in [0.15, 0.2) is 66.7 Å². The summed E-state index contributed by atoms with van der Waals surface area (Å²) < 4.78 is 27.7. The SMILES string of the molecule is C=CS(=O)N1CCC2(CCN(C(C(=O)NC(Cc3cc(O)cc(-c4ccc5c(c4)c(CC(C)(C)COC=O)c(-c4cccnc4C(C)OC)n5CC)c3)C(=O)N3CCCCN3)C(C)C)C2=O)C1. The second-order valence-corrected chi connectivity index (χ2v) is 20.8. The maximum absolute atomic E-state index is 14.6. The molecule has 4 aromatic rings. The summed E-state index contributed by atoms with van der Waals surface area (Å²) in [4.78, 5) is 61.0. The molecule has 3 N–H and O–H groups in total. The molecule has 0 aliphatic carbocycles. The number of hydrazine groups is 1. The Labute approximate surface area is 396 Å². The number of hydrogen-bond donors (Lipinski definition) is 3. The average molecular weight is 938 g/mol.